The number of hydrogen-bond donors (Lipinski definition) is 2. The summed E-state index contributed by atoms with van der Waals surface area (Å²) in [6.45, 7) is 0.944. The first-order chi connectivity index (χ1) is 11.8. The molecule has 0 aliphatic carbocycles. The zero-order chi connectivity index (χ0) is 18.0. The van der Waals surface area contributed by atoms with Crippen LogP contribution in [0, 0.1) is 0 Å². The summed E-state index contributed by atoms with van der Waals surface area (Å²) in [5, 5.41) is 2.86. The van der Waals surface area contributed by atoms with E-state index in [2.05, 4.69) is 10.0 Å². The zero-order valence-electron chi connectivity index (χ0n) is 13.2. The molecule has 1 aliphatic rings. The fourth-order valence-electron chi connectivity index (χ4n) is 2.26. The minimum Gasteiger partial charge on any atom is -0.486 e. The molecular formula is C16H15ClN2O5S. The number of anilines is 2. The van der Waals surface area contributed by atoms with Crippen LogP contribution < -0.4 is 19.5 Å². The summed E-state index contributed by atoms with van der Waals surface area (Å²) >= 11 is 6.03. The highest BCUT2D eigenvalue weighted by Gasteiger charge is 2.15. The van der Waals surface area contributed by atoms with E-state index in [1.807, 2.05) is 0 Å². The normalized spacial score (nSPS) is 13.2. The molecular weight excluding hydrogens is 368 g/mol. The van der Waals surface area contributed by atoms with E-state index in [-0.39, 0.29) is 16.6 Å². The van der Waals surface area contributed by atoms with E-state index in [1.54, 1.807) is 18.2 Å². The lowest BCUT2D eigenvalue weighted by Gasteiger charge is -2.19. The Kier molecular flexibility index (Phi) is 4.73. The Morgan fingerprint density at radius 2 is 1.80 bits per heavy atom. The first-order valence-corrected chi connectivity index (χ1v) is 9.57. The van der Waals surface area contributed by atoms with Gasteiger partial charge in [0.05, 0.1) is 17.0 Å². The van der Waals surface area contributed by atoms with Crippen molar-refractivity contribution >= 4 is 38.9 Å². The fraction of sp³-hybridized carbons (Fsp3) is 0.188. The van der Waals surface area contributed by atoms with Gasteiger partial charge in [0, 0.05) is 17.3 Å². The average molecular weight is 383 g/mol. The van der Waals surface area contributed by atoms with Crippen molar-refractivity contribution in [2.24, 2.45) is 0 Å². The number of nitrogens with one attached hydrogen (secondary N) is 2. The highest BCUT2D eigenvalue weighted by Crippen LogP contribution is 2.33. The summed E-state index contributed by atoms with van der Waals surface area (Å²) in [5.74, 6) is 0.808. The van der Waals surface area contributed by atoms with Gasteiger partial charge < -0.3 is 14.8 Å². The Balaban J connectivity index is 1.76. The van der Waals surface area contributed by atoms with Gasteiger partial charge in [-0.05, 0) is 30.3 Å². The molecule has 0 aromatic heterocycles. The van der Waals surface area contributed by atoms with Gasteiger partial charge in [0.2, 0.25) is 10.0 Å². The molecule has 132 valence electrons. The Morgan fingerprint density at radius 3 is 2.48 bits per heavy atom. The number of fused-ring (bicyclic) bond motifs is 1. The number of hydrogen-bond acceptors (Lipinski definition) is 5. The standard InChI is InChI=1S/C16H15ClN2O5S/c1-25(21,22)19-13-4-2-10(8-12(13)17)16(20)18-11-3-5-14-15(9-11)24-7-6-23-14/h2-5,8-9,19H,6-7H2,1H3,(H,18,20). The van der Waals surface area contributed by atoms with Crippen LogP contribution >= 0.6 is 11.6 Å². The molecule has 0 atom stereocenters. The smallest absolute Gasteiger partial charge is 0.255 e. The van der Waals surface area contributed by atoms with Crippen LogP contribution in [0.4, 0.5) is 11.4 Å². The highest BCUT2D eigenvalue weighted by molar-refractivity contribution is 7.92. The number of ether oxygens (including phenoxy) is 2. The number of amides is 1. The second-order valence-electron chi connectivity index (χ2n) is 5.38. The highest BCUT2D eigenvalue weighted by atomic mass is 35.5. The molecule has 0 saturated carbocycles. The SMILES string of the molecule is CS(=O)(=O)Nc1ccc(C(=O)Nc2ccc3c(c2)OCCO3)cc1Cl. The molecule has 1 aliphatic heterocycles. The van der Waals surface area contributed by atoms with Crippen LogP contribution in [0.25, 0.3) is 0 Å². The third-order valence-corrected chi connectivity index (χ3v) is 4.23. The number of benzene rings is 2. The van der Waals surface area contributed by atoms with Crippen molar-refractivity contribution in [2.75, 3.05) is 29.5 Å². The van der Waals surface area contributed by atoms with Crippen molar-refractivity contribution in [3.8, 4) is 11.5 Å². The molecule has 2 aromatic rings. The number of carbonyl (C=O) groups is 1. The van der Waals surface area contributed by atoms with Gasteiger partial charge in [-0.25, -0.2) is 8.42 Å². The lowest BCUT2D eigenvalue weighted by Crippen LogP contribution is -2.16. The first kappa shape index (κ1) is 17.4. The third kappa shape index (κ3) is 4.34. The average Bonchev–Trinajstić information content (AvgIpc) is 2.55. The Morgan fingerprint density at radius 1 is 1.08 bits per heavy atom. The summed E-state index contributed by atoms with van der Waals surface area (Å²) in [5.41, 5.74) is 1.04. The number of rotatable bonds is 4. The molecule has 25 heavy (non-hydrogen) atoms. The maximum atomic E-state index is 12.4. The lowest BCUT2D eigenvalue weighted by molar-refractivity contribution is 0.102. The van der Waals surface area contributed by atoms with Crippen LogP contribution in [-0.2, 0) is 10.0 Å². The van der Waals surface area contributed by atoms with Crippen LogP contribution in [-0.4, -0.2) is 33.8 Å². The van der Waals surface area contributed by atoms with E-state index < -0.39 is 10.0 Å². The van der Waals surface area contributed by atoms with Crippen molar-refractivity contribution in [3.63, 3.8) is 0 Å². The molecule has 7 nitrogen and oxygen atoms in total. The van der Waals surface area contributed by atoms with E-state index in [0.29, 0.717) is 36.0 Å². The molecule has 0 saturated heterocycles. The summed E-state index contributed by atoms with van der Waals surface area (Å²) in [4.78, 5) is 12.4. The maximum absolute atomic E-state index is 12.4. The largest absolute Gasteiger partial charge is 0.486 e. The van der Waals surface area contributed by atoms with Gasteiger partial charge in [0.15, 0.2) is 11.5 Å². The molecule has 2 N–H and O–H groups in total. The Hall–Kier alpha value is -2.45. The van der Waals surface area contributed by atoms with Crippen molar-refractivity contribution in [3.05, 3.63) is 47.0 Å². The predicted octanol–water partition coefficient (Wildman–Crippen LogP) is 2.74. The van der Waals surface area contributed by atoms with Gasteiger partial charge >= 0.3 is 0 Å². The van der Waals surface area contributed by atoms with Crippen molar-refractivity contribution < 1.29 is 22.7 Å². The number of carbonyl (C=O) groups excluding carboxylic acids is 1. The topological polar surface area (TPSA) is 93.7 Å². The van der Waals surface area contributed by atoms with E-state index in [4.69, 9.17) is 21.1 Å². The molecule has 2 aromatic carbocycles. The maximum Gasteiger partial charge on any atom is 0.255 e. The van der Waals surface area contributed by atoms with E-state index in [0.717, 1.165) is 6.26 Å². The van der Waals surface area contributed by atoms with E-state index >= 15 is 0 Å². The predicted molar refractivity (Wildman–Crippen MR) is 95.3 cm³/mol. The van der Waals surface area contributed by atoms with Gasteiger partial charge in [-0.2, -0.15) is 0 Å². The van der Waals surface area contributed by atoms with Gasteiger partial charge in [-0.1, -0.05) is 11.6 Å². The molecule has 0 spiro atoms. The second-order valence-corrected chi connectivity index (χ2v) is 7.54. The van der Waals surface area contributed by atoms with Crippen LogP contribution in [0.5, 0.6) is 11.5 Å². The molecule has 1 heterocycles. The van der Waals surface area contributed by atoms with Gasteiger partial charge in [-0.15, -0.1) is 0 Å². The number of sulfonamides is 1. The third-order valence-electron chi connectivity index (χ3n) is 3.33. The summed E-state index contributed by atoms with van der Waals surface area (Å²) in [7, 11) is -3.45. The Labute approximate surface area is 149 Å². The first-order valence-electron chi connectivity index (χ1n) is 7.30. The summed E-state index contributed by atoms with van der Waals surface area (Å²) in [6.07, 6.45) is 1.02. The monoisotopic (exact) mass is 382 g/mol. The minimum atomic E-state index is -3.45. The van der Waals surface area contributed by atoms with Crippen molar-refractivity contribution in [1.82, 2.24) is 0 Å². The van der Waals surface area contributed by atoms with Gasteiger partial charge in [0.25, 0.3) is 5.91 Å². The molecule has 0 fully saturated rings. The van der Waals surface area contributed by atoms with E-state index in [9.17, 15) is 13.2 Å². The molecule has 9 heteroatoms. The zero-order valence-corrected chi connectivity index (χ0v) is 14.8. The molecule has 3 rings (SSSR count). The molecule has 0 bridgehead atoms. The van der Waals surface area contributed by atoms with Gasteiger partial charge in [-0.3, -0.25) is 9.52 Å². The van der Waals surface area contributed by atoms with Crippen LogP contribution in [0.2, 0.25) is 5.02 Å². The second kappa shape index (κ2) is 6.81. The van der Waals surface area contributed by atoms with Crippen molar-refractivity contribution in [1.29, 1.82) is 0 Å². The summed E-state index contributed by atoms with van der Waals surface area (Å²) in [6, 6.07) is 9.40. The quantitative estimate of drug-likeness (QED) is 0.848. The minimum absolute atomic E-state index is 0.125. The van der Waals surface area contributed by atoms with Crippen LogP contribution in [0.15, 0.2) is 36.4 Å². The molecule has 1 amide bonds. The molecule has 0 unspecified atom stereocenters. The molecule has 0 radical (unpaired) electrons. The number of halogens is 1. The van der Waals surface area contributed by atoms with Gasteiger partial charge in [0.1, 0.15) is 13.2 Å². The lowest BCUT2D eigenvalue weighted by atomic mass is 10.2. The van der Waals surface area contributed by atoms with Crippen LogP contribution in [0.1, 0.15) is 10.4 Å². The Bertz CT molecular complexity index is 930. The van der Waals surface area contributed by atoms with E-state index in [1.165, 1.54) is 18.2 Å². The van der Waals surface area contributed by atoms with Crippen LogP contribution in [0.3, 0.4) is 0 Å². The van der Waals surface area contributed by atoms with Crippen molar-refractivity contribution in [2.45, 2.75) is 0 Å². The fourth-order valence-corrected chi connectivity index (χ4v) is 3.12. The summed E-state index contributed by atoms with van der Waals surface area (Å²) < 4.78 is 35.7.